The number of aromatic nitrogens is 2. The summed E-state index contributed by atoms with van der Waals surface area (Å²) in [7, 11) is -3.99. The Balaban J connectivity index is 0.00000264. The van der Waals surface area contributed by atoms with Crippen molar-refractivity contribution in [3.05, 3.63) is 76.6 Å². The number of hydrogen-bond acceptors (Lipinski definition) is 8. The standard InChI is InChI=1S/C31H38N6O4S.2H2/c1-19(2)29(38)35-42(40,41)27-8-6-23(7-9-27)30(39)37-11-10-26(15-22(37)5)36-17-24-16-32-31(34-28(24)18-36)33-25-13-20(3)12-21(4)14-25;;/h6-9,12-14,16,19,22,26H,10-11,15,17-18H2,1-5H3,(H,35,38)(H,32,33,34);2*1H/t22-,26-;;/m0../s1. The third-order valence-electron chi connectivity index (χ3n) is 7.95. The highest BCUT2D eigenvalue weighted by Gasteiger charge is 2.35. The van der Waals surface area contributed by atoms with Crippen LogP contribution in [0, 0.1) is 19.8 Å². The minimum Gasteiger partial charge on any atom is -0.336 e. The second-order valence-corrected chi connectivity index (χ2v) is 13.4. The first kappa shape index (κ1) is 29.7. The number of carbonyl (C=O) groups is 2. The van der Waals surface area contributed by atoms with Crippen molar-refractivity contribution in [3.8, 4) is 0 Å². The number of nitrogens with zero attached hydrogens (tertiary/aromatic N) is 4. The Morgan fingerprint density at radius 2 is 1.74 bits per heavy atom. The van der Waals surface area contributed by atoms with Gasteiger partial charge in [-0.05, 0) is 81.1 Å². The largest absolute Gasteiger partial charge is 0.336 e. The van der Waals surface area contributed by atoms with Crippen LogP contribution in [0.5, 0.6) is 0 Å². The monoisotopic (exact) mass is 594 g/mol. The van der Waals surface area contributed by atoms with Crippen LogP contribution in [0.3, 0.4) is 0 Å². The number of hydrogen-bond donors (Lipinski definition) is 2. The lowest BCUT2D eigenvalue weighted by Crippen LogP contribution is -2.50. The Labute approximate surface area is 250 Å². The minimum atomic E-state index is -3.99. The van der Waals surface area contributed by atoms with E-state index in [9.17, 15) is 18.0 Å². The van der Waals surface area contributed by atoms with Crippen LogP contribution in [-0.4, -0.2) is 58.6 Å². The zero-order valence-corrected chi connectivity index (χ0v) is 25.5. The van der Waals surface area contributed by atoms with E-state index in [1.807, 2.05) is 11.1 Å². The Morgan fingerprint density at radius 3 is 2.38 bits per heavy atom. The zero-order chi connectivity index (χ0) is 30.2. The van der Waals surface area contributed by atoms with Crippen LogP contribution in [0.2, 0.25) is 0 Å². The van der Waals surface area contributed by atoms with Gasteiger partial charge in [0.2, 0.25) is 11.9 Å². The molecule has 42 heavy (non-hydrogen) atoms. The van der Waals surface area contributed by atoms with E-state index in [0.717, 1.165) is 42.9 Å². The van der Waals surface area contributed by atoms with E-state index in [1.54, 1.807) is 13.8 Å². The van der Waals surface area contributed by atoms with Crippen molar-refractivity contribution in [3.63, 3.8) is 0 Å². The molecule has 1 aromatic heterocycles. The maximum absolute atomic E-state index is 13.3. The van der Waals surface area contributed by atoms with Gasteiger partial charge >= 0.3 is 0 Å². The molecule has 226 valence electrons. The third-order valence-corrected chi connectivity index (χ3v) is 9.32. The fourth-order valence-corrected chi connectivity index (χ4v) is 6.82. The molecule has 3 aromatic rings. The van der Waals surface area contributed by atoms with E-state index in [1.165, 1.54) is 35.4 Å². The summed E-state index contributed by atoms with van der Waals surface area (Å²) in [4.78, 5) is 38.8. The molecule has 0 bridgehead atoms. The van der Waals surface area contributed by atoms with E-state index in [-0.39, 0.29) is 19.7 Å². The molecule has 0 saturated carbocycles. The van der Waals surface area contributed by atoms with Crippen LogP contribution in [-0.2, 0) is 27.9 Å². The van der Waals surface area contributed by atoms with Gasteiger partial charge in [-0.25, -0.2) is 23.1 Å². The molecule has 1 fully saturated rings. The van der Waals surface area contributed by atoms with E-state index < -0.39 is 21.8 Å². The van der Waals surface area contributed by atoms with Crippen LogP contribution < -0.4 is 10.0 Å². The van der Waals surface area contributed by atoms with Crippen LogP contribution in [0.15, 0.2) is 53.6 Å². The van der Waals surface area contributed by atoms with Crippen LogP contribution >= 0.6 is 0 Å². The second-order valence-electron chi connectivity index (χ2n) is 11.7. The average Bonchev–Trinajstić information content (AvgIpc) is 3.35. The van der Waals surface area contributed by atoms with Crippen molar-refractivity contribution in [2.75, 3.05) is 11.9 Å². The normalized spacial score (nSPS) is 19.0. The van der Waals surface area contributed by atoms with Crippen molar-refractivity contribution in [2.45, 2.75) is 77.5 Å². The van der Waals surface area contributed by atoms with Gasteiger partial charge in [-0.2, -0.15) is 0 Å². The summed E-state index contributed by atoms with van der Waals surface area (Å²) in [6.45, 7) is 11.6. The van der Waals surface area contributed by atoms with E-state index in [4.69, 9.17) is 4.98 Å². The fraction of sp³-hybridized carbons (Fsp3) is 0.419. The summed E-state index contributed by atoms with van der Waals surface area (Å²) < 4.78 is 27.1. The molecular formula is C31H42N6O4S. The molecule has 10 nitrogen and oxygen atoms in total. The molecule has 2 aliphatic rings. The predicted molar refractivity (Wildman–Crippen MR) is 165 cm³/mol. The Bertz CT molecular complexity index is 1600. The molecule has 2 atom stereocenters. The molecule has 0 unspecified atom stereocenters. The number of amides is 2. The highest BCUT2D eigenvalue weighted by atomic mass is 32.2. The summed E-state index contributed by atoms with van der Waals surface area (Å²) in [5.74, 6) is -0.575. The first-order valence-corrected chi connectivity index (χ1v) is 15.8. The summed E-state index contributed by atoms with van der Waals surface area (Å²) in [6.07, 6.45) is 3.57. The lowest BCUT2D eigenvalue weighted by atomic mass is 9.96. The molecule has 2 amide bonds. The third kappa shape index (κ3) is 6.47. The highest BCUT2D eigenvalue weighted by Crippen LogP contribution is 2.31. The van der Waals surface area contributed by atoms with Gasteiger partial charge in [-0.1, -0.05) is 19.9 Å². The molecule has 5 rings (SSSR count). The molecular weight excluding hydrogens is 552 g/mol. The maximum Gasteiger partial charge on any atom is 0.264 e. The number of sulfonamides is 1. The molecule has 2 N–H and O–H groups in total. The van der Waals surface area contributed by atoms with Gasteiger partial charge in [-0.3, -0.25) is 14.5 Å². The quantitative estimate of drug-likeness (QED) is 0.400. The minimum absolute atomic E-state index is 0. The van der Waals surface area contributed by atoms with Crippen molar-refractivity contribution in [1.29, 1.82) is 0 Å². The first-order chi connectivity index (χ1) is 19.9. The Hall–Kier alpha value is -3.83. The van der Waals surface area contributed by atoms with Crippen molar-refractivity contribution in [2.24, 2.45) is 5.92 Å². The van der Waals surface area contributed by atoms with Crippen molar-refractivity contribution in [1.82, 2.24) is 24.5 Å². The number of anilines is 2. The van der Waals surface area contributed by atoms with Gasteiger partial charge in [0, 0.05) is 63.5 Å². The first-order valence-electron chi connectivity index (χ1n) is 14.3. The molecule has 0 spiro atoms. The molecule has 0 radical (unpaired) electrons. The molecule has 2 aromatic carbocycles. The fourth-order valence-electron chi connectivity index (χ4n) is 5.70. The zero-order valence-electron chi connectivity index (χ0n) is 24.7. The molecule has 1 saturated heterocycles. The molecule has 3 heterocycles. The van der Waals surface area contributed by atoms with E-state index in [0.29, 0.717) is 24.1 Å². The van der Waals surface area contributed by atoms with Gasteiger partial charge in [-0.15, -0.1) is 0 Å². The smallest absolute Gasteiger partial charge is 0.264 e. The lowest BCUT2D eigenvalue weighted by Gasteiger charge is -2.41. The lowest BCUT2D eigenvalue weighted by molar-refractivity contribution is -0.122. The van der Waals surface area contributed by atoms with Gasteiger partial charge < -0.3 is 10.2 Å². The van der Waals surface area contributed by atoms with Crippen LogP contribution in [0.1, 0.15) is 69.2 Å². The van der Waals surface area contributed by atoms with Gasteiger partial charge in [0.1, 0.15) is 0 Å². The predicted octanol–water partition coefficient (Wildman–Crippen LogP) is 4.80. The number of likely N-dealkylation sites (tertiary alicyclic amines) is 1. The molecule has 11 heteroatoms. The number of aryl methyl sites for hydroxylation is 2. The highest BCUT2D eigenvalue weighted by molar-refractivity contribution is 7.90. The van der Waals surface area contributed by atoms with Crippen LogP contribution in [0.4, 0.5) is 11.6 Å². The SMILES string of the molecule is Cc1cc(C)cc(Nc2ncc3c(n2)CN([C@H]2CCN(C(=O)c4ccc(S(=O)(=O)NC(=O)C(C)C)cc4)[C@@H](C)C2)C3)c1.[HH].[HH]. The number of nitrogens with one attached hydrogen (secondary N) is 2. The summed E-state index contributed by atoms with van der Waals surface area (Å²) in [6, 6.07) is 12.4. The molecule has 0 aliphatic carbocycles. The Morgan fingerprint density at radius 1 is 1.05 bits per heavy atom. The summed E-state index contributed by atoms with van der Waals surface area (Å²) in [5.41, 5.74) is 5.92. The summed E-state index contributed by atoms with van der Waals surface area (Å²) >= 11 is 0. The maximum atomic E-state index is 13.3. The van der Waals surface area contributed by atoms with E-state index >= 15 is 0 Å². The van der Waals surface area contributed by atoms with Crippen molar-refractivity contribution < 1.29 is 20.9 Å². The average molecular weight is 595 g/mol. The summed E-state index contributed by atoms with van der Waals surface area (Å²) in [5, 5.41) is 3.34. The number of piperidine rings is 1. The number of fused-ring (bicyclic) bond motifs is 1. The van der Waals surface area contributed by atoms with Crippen molar-refractivity contribution >= 4 is 33.5 Å². The number of carbonyl (C=O) groups excluding carboxylic acids is 2. The molecule has 2 aliphatic heterocycles. The van der Waals surface area contributed by atoms with Gasteiger partial charge in [0.05, 0.1) is 10.6 Å². The Kier molecular flexibility index (Phi) is 8.34. The topological polar surface area (TPSA) is 125 Å². The van der Waals surface area contributed by atoms with Crippen LogP contribution in [0.25, 0.3) is 0 Å². The number of benzene rings is 2. The number of rotatable bonds is 7. The van der Waals surface area contributed by atoms with Gasteiger partial charge in [0.15, 0.2) is 0 Å². The van der Waals surface area contributed by atoms with E-state index in [2.05, 4.69) is 58.9 Å². The second kappa shape index (κ2) is 11.8. The van der Waals surface area contributed by atoms with Gasteiger partial charge in [0.25, 0.3) is 15.9 Å².